The molecule has 0 bridgehead atoms. The largest absolute Gasteiger partial charge is 0.490 e. The maximum absolute atomic E-state index is 5.97. The van der Waals surface area contributed by atoms with Crippen LogP contribution in [0.1, 0.15) is 19.3 Å². The number of para-hydroxylation sites is 2. The van der Waals surface area contributed by atoms with Crippen molar-refractivity contribution in [3.63, 3.8) is 0 Å². The molecule has 2 aromatic rings. The number of halogens is 1. The van der Waals surface area contributed by atoms with E-state index < -0.39 is 0 Å². The third kappa shape index (κ3) is 4.40. The van der Waals surface area contributed by atoms with Crippen molar-refractivity contribution in [2.45, 2.75) is 25.3 Å². The van der Waals surface area contributed by atoms with E-state index in [0.717, 1.165) is 23.7 Å². The fraction of sp³-hybridized carbons (Fsp3) is 0.368. The highest BCUT2D eigenvalue weighted by molar-refractivity contribution is 6.30. The molecule has 1 atom stereocenters. The van der Waals surface area contributed by atoms with Gasteiger partial charge in [-0.3, -0.25) is 0 Å². The molecule has 1 saturated heterocycles. The molecule has 1 aliphatic heterocycles. The summed E-state index contributed by atoms with van der Waals surface area (Å²) in [6.45, 7) is 1.90. The number of likely N-dealkylation sites (tertiary alicyclic amines) is 1. The lowest BCUT2D eigenvalue weighted by Crippen LogP contribution is -2.26. The quantitative estimate of drug-likeness (QED) is 0.744. The van der Waals surface area contributed by atoms with Crippen LogP contribution in [0.3, 0.4) is 0 Å². The topological polar surface area (TPSA) is 21.7 Å². The number of hydrogen-bond acceptors (Lipinski definition) is 3. The van der Waals surface area contributed by atoms with E-state index in [1.54, 1.807) is 0 Å². The Kier molecular flexibility index (Phi) is 5.42. The summed E-state index contributed by atoms with van der Waals surface area (Å²) < 4.78 is 11.9. The van der Waals surface area contributed by atoms with Crippen molar-refractivity contribution >= 4 is 11.6 Å². The summed E-state index contributed by atoms with van der Waals surface area (Å²) in [6.07, 6.45) is 3.60. The lowest BCUT2D eigenvalue weighted by atomic mass is 10.1. The minimum absolute atomic E-state index is 0.638. The second-order valence-corrected chi connectivity index (χ2v) is 6.35. The monoisotopic (exact) mass is 331 g/mol. The van der Waals surface area contributed by atoms with E-state index in [9.17, 15) is 0 Å². The summed E-state index contributed by atoms with van der Waals surface area (Å²) in [4.78, 5) is 2.42. The molecule has 122 valence electrons. The van der Waals surface area contributed by atoms with Crippen molar-refractivity contribution in [1.82, 2.24) is 4.90 Å². The molecule has 0 spiro atoms. The van der Waals surface area contributed by atoms with Gasteiger partial charge in [0.25, 0.3) is 0 Å². The maximum Gasteiger partial charge on any atom is 0.169 e. The number of ether oxygens (including phenoxy) is 2. The molecule has 4 heteroatoms. The van der Waals surface area contributed by atoms with Crippen molar-refractivity contribution in [3.8, 4) is 17.2 Å². The van der Waals surface area contributed by atoms with Gasteiger partial charge in [-0.2, -0.15) is 0 Å². The molecule has 3 rings (SSSR count). The van der Waals surface area contributed by atoms with E-state index in [2.05, 4.69) is 11.9 Å². The average molecular weight is 332 g/mol. The highest BCUT2D eigenvalue weighted by atomic mass is 35.5. The van der Waals surface area contributed by atoms with Gasteiger partial charge in [0.2, 0.25) is 0 Å². The van der Waals surface area contributed by atoms with Crippen LogP contribution in [-0.4, -0.2) is 31.1 Å². The number of hydrogen-bond donors (Lipinski definition) is 0. The summed E-state index contributed by atoms with van der Waals surface area (Å²) in [5.74, 6) is 2.26. The van der Waals surface area contributed by atoms with Crippen LogP contribution in [0.25, 0.3) is 0 Å². The SMILES string of the molecule is CN1CCC[C@@H]1CCOc1ccccc1Oc1ccc(Cl)cc1. The molecule has 0 aliphatic carbocycles. The van der Waals surface area contributed by atoms with Gasteiger partial charge in [0.15, 0.2) is 11.5 Å². The smallest absolute Gasteiger partial charge is 0.169 e. The summed E-state index contributed by atoms with van der Waals surface area (Å²) >= 11 is 5.90. The first-order valence-corrected chi connectivity index (χ1v) is 8.45. The summed E-state index contributed by atoms with van der Waals surface area (Å²) in [5.41, 5.74) is 0. The van der Waals surface area contributed by atoms with Crippen LogP contribution < -0.4 is 9.47 Å². The van der Waals surface area contributed by atoms with Crippen LogP contribution in [0.5, 0.6) is 17.2 Å². The predicted octanol–water partition coefficient (Wildman–Crippen LogP) is 5.00. The Labute approximate surface area is 142 Å². The fourth-order valence-electron chi connectivity index (χ4n) is 2.93. The standard InChI is InChI=1S/C19H22ClNO2/c1-21-13-4-5-16(21)12-14-22-18-6-2-3-7-19(18)23-17-10-8-15(20)9-11-17/h2-3,6-11,16H,4-5,12-14H2,1H3/t16-/m1/s1. The highest BCUT2D eigenvalue weighted by Gasteiger charge is 2.20. The van der Waals surface area contributed by atoms with Gasteiger partial charge in [0, 0.05) is 11.1 Å². The van der Waals surface area contributed by atoms with Gasteiger partial charge >= 0.3 is 0 Å². The van der Waals surface area contributed by atoms with Gasteiger partial charge in [-0.25, -0.2) is 0 Å². The van der Waals surface area contributed by atoms with Crippen LogP contribution in [-0.2, 0) is 0 Å². The van der Waals surface area contributed by atoms with E-state index in [1.165, 1.54) is 19.4 Å². The Morgan fingerprint density at radius 1 is 1.09 bits per heavy atom. The summed E-state index contributed by atoms with van der Waals surface area (Å²) in [5, 5.41) is 0.697. The van der Waals surface area contributed by atoms with Crippen molar-refractivity contribution < 1.29 is 9.47 Å². The Morgan fingerprint density at radius 3 is 2.52 bits per heavy atom. The van der Waals surface area contributed by atoms with Gasteiger partial charge in [0.1, 0.15) is 5.75 Å². The lowest BCUT2D eigenvalue weighted by molar-refractivity contribution is 0.229. The Morgan fingerprint density at radius 2 is 1.83 bits per heavy atom. The zero-order valence-corrected chi connectivity index (χ0v) is 14.1. The molecule has 0 saturated carbocycles. The normalized spacial score (nSPS) is 18.1. The summed E-state index contributed by atoms with van der Waals surface area (Å²) in [7, 11) is 2.19. The first kappa shape index (κ1) is 16.2. The van der Waals surface area contributed by atoms with Gasteiger partial charge in [-0.1, -0.05) is 23.7 Å². The van der Waals surface area contributed by atoms with Gasteiger partial charge in [-0.05, 0) is 69.3 Å². The Bertz CT molecular complexity index is 630. The number of benzene rings is 2. The van der Waals surface area contributed by atoms with E-state index in [4.69, 9.17) is 21.1 Å². The van der Waals surface area contributed by atoms with Crippen molar-refractivity contribution in [2.24, 2.45) is 0 Å². The van der Waals surface area contributed by atoms with E-state index in [0.29, 0.717) is 17.7 Å². The highest BCUT2D eigenvalue weighted by Crippen LogP contribution is 2.32. The third-order valence-corrected chi connectivity index (χ3v) is 4.52. The predicted molar refractivity (Wildman–Crippen MR) is 93.7 cm³/mol. The second-order valence-electron chi connectivity index (χ2n) is 5.92. The minimum atomic E-state index is 0.638. The third-order valence-electron chi connectivity index (χ3n) is 4.27. The Hall–Kier alpha value is -1.71. The lowest BCUT2D eigenvalue weighted by Gasteiger charge is -2.19. The van der Waals surface area contributed by atoms with Crippen LogP contribution >= 0.6 is 11.6 Å². The van der Waals surface area contributed by atoms with Crippen LogP contribution in [0.15, 0.2) is 48.5 Å². The minimum Gasteiger partial charge on any atom is -0.490 e. The molecule has 0 amide bonds. The molecule has 1 heterocycles. The van der Waals surface area contributed by atoms with E-state index >= 15 is 0 Å². The summed E-state index contributed by atoms with van der Waals surface area (Å²) in [6, 6.07) is 15.8. The van der Waals surface area contributed by atoms with Crippen molar-refractivity contribution in [2.75, 3.05) is 20.2 Å². The van der Waals surface area contributed by atoms with Crippen molar-refractivity contribution in [1.29, 1.82) is 0 Å². The van der Waals surface area contributed by atoms with Gasteiger partial charge in [0.05, 0.1) is 6.61 Å². The molecular weight excluding hydrogens is 310 g/mol. The number of nitrogens with zero attached hydrogens (tertiary/aromatic N) is 1. The van der Waals surface area contributed by atoms with Gasteiger partial charge in [-0.15, -0.1) is 0 Å². The molecule has 1 aliphatic rings. The van der Waals surface area contributed by atoms with Crippen LogP contribution in [0.4, 0.5) is 0 Å². The maximum atomic E-state index is 5.97. The fourth-order valence-corrected chi connectivity index (χ4v) is 3.06. The molecule has 23 heavy (non-hydrogen) atoms. The molecule has 0 radical (unpaired) electrons. The first-order chi connectivity index (χ1) is 11.2. The van der Waals surface area contributed by atoms with Crippen LogP contribution in [0, 0.1) is 0 Å². The molecule has 3 nitrogen and oxygen atoms in total. The molecule has 2 aromatic carbocycles. The first-order valence-electron chi connectivity index (χ1n) is 8.08. The zero-order chi connectivity index (χ0) is 16.1. The molecule has 1 fully saturated rings. The second kappa shape index (κ2) is 7.71. The van der Waals surface area contributed by atoms with Crippen LogP contribution in [0.2, 0.25) is 5.02 Å². The van der Waals surface area contributed by atoms with Crippen molar-refractivity contribution in [3.05, 3.63) is 53.6 Å². The number of rotatable bonds is 6. The van der Waals surface area contributed by atoms with E-state index in [-0.39, 0.29) is 0 Å². The Balaban J connectivity index is 1.60. The molecular formula is C19H22ClNO2. The zero-order valence-electron chi connectivity index (χ0n) is 13.4. The molecule has 0 N–H and O–H groups in total. The molecule has 0 aromatic heterocycles. The average Bonchev–Trinajstić information content (AvgIpc) is 2.96. The van der Waals surface area contributed by atoms with E-state index in [1.807, 2.05) is 48.5 Å². The molecule has 0 unspecified atom stereocenters. The van der Waals surface area contributed by atoms with Gasteiger partial charge < -0.3 is 14.4 Å².